The van der Waals surface area contributed by atoms with Crippen LogP contribution in [0.25, 0.3) is 0 Å². The third-order valence-corrected chi connectivity index (χ3v) is 4.30. The van der Waals surface area contributed by atoms with Gasteiger partial charge in [-0.1, -0.05) is 12.8 Å². The van der Waals surface area contributed by atoms with Crippen molar-refractivity contribution in [2.75, 3.05) is 11.9 Å². The Labute approximate surface area is 113 Å². The number of amides is 2. The fourth-order valence-corrected chi connectivity index (χ4v) is 3.31. The van der Waals surface area contributed by atoms with Gasteiger partial charge in [0.2, 0.25) is 0 Å². The molecular formula is C14H20N4O. The van der Waals surface area contributed by atoms with Crippen molar-refractivity contribution in [3.8, 4) is 0 Å². The summed E-state index contributed by atoms with van der Waals surface area (Å²) in [7, 11) is 0. The molecule has 0 radical (unpaired) electrons. The number of aryl methyl sites for hydroxylation is 1. The number of fused-ring (bicyclic) bond motifs is 1. The molecule has 1 aromatic heterocycles. The standard InChI is InChI=1S/C14H20N4O/c1-10-15-8-12(9-16-10)17-14(19)18-7-6-11-4-2-3-5-13(11)18/h8-9,11,13H,2-7H2,1H3,(H,17,19)/t11-,13-/m0/s1. The van der Waals surface area contributed by atoms with Crippen molar-refractivity contribution in [3.05, 3.63) is 18.2 Å². The first kappa shape index (κ1) is 12.4. The Morgan fingerprint density at radius 3 is 2.79 bits per heavy atom. The van der Waals surface area contributed by atoms with E-state index in [4.69, 9.17) is 0 Å². The van der Waals surface area contributed by atoms with Crippen molar-refractivity contribution in [1.29, 1.82) is 0 Å². The zero-order valence-electron chi connectivity index (χ0n) is 11.3. The van der Waals surface area contributed by atoms with Gasteiger partial charge in [-0.3, -0.25) is 0 Å². The van der Waals surface area contributed by atoms with E-state index in [2.05, 4.69) is 15.3 Å². The molecule has 1 saturated carbocycles. The maximum Gasteiger partial charge on any atom is 0.322 e. The van der Waals surface area contributed by atoms with Crippen molar-refractivity contribution in [1.82, 2.24) is 14.9 Å². The van der Waals surface area contributed by atoms with E-state index in [0.29, 0.717) is 23.5 Å². The highest BCUT2D eigenvalue weighted by Gasteiger charge is 2.38. The number of carbonyl (C=O) groups is 1. The summed E-state index contributed by atoms with van der Waals surface area (Å²) < 4.78 is 0. The van der Waals surface area contributed by atoms with Crippen LogP contribution in [0.1, 0.15) is 37.9 Å². The number of urea groups is 1. The van der Waals surface area contributed by atoms with Gasteiger partial charge in [-0.2, -0.15) is 0 Å². The van der Waals surface area contributed by atoms with E-state index in [1.807, 2.05) is 11.8 Å². The van der Waals surface area contributed by atoms with Gasteiger partial charge in [-0.15, -0.1) is 0 Å². The molecule has 0 bridgehead atoms. The Bertz CT molecular complexity index is 459. The quantitative estimate of drug-likeness (QED) is 0.844. The maximum absolute atomic E-state index is 12.3. The maximum atomic E-state index is 12.3. The first-order chi connectivity index (χ1) is 9.24. The van der Waals surface area contributed by atoms with Crippen molar-refractivity contribution in [2.24, 2.45) is 5.92 Å². The van der Waals surface area contributed by atoms with E-state index >= 15 is 0 Å². The number of nitrogens with one attached hydrogen (secondary N) is 1. The Morgan fingerprint density at radius 2 is 2.00 bits per heavy atom. The summed E-state index contributed by atoms with van der Waals surface area (Å²) in [4.78, 5) is 22.5. The van der Waals surface area contributed by atoms with Crippen molar-refractivity contribution in [3.63, 3.8) is 0 Å². The van der Waals surface area contributed by atoms with Gasteiger partial charge < -0.3 is 10.2 Å². The third kappa shape index (κ3) is 2.55. The summed E-state index contributed by atoms with van der Waals surface area (Å²) in [6.07, 6.45) is 9.48. The Balaban J connectivity index is 1.65. The number of hydrogen-bond donors (Lipinski definition) is 1. The van der Waals surface area contributed by atoms with E-state index in [-0.39, 0.29) is 6.03 Å². The molecule has 2 atom stereocenters. The number of anilines is 1. The molecular weight excluding hydrogens is 240 g/mol. The lowest BCUT2D eigenvalue weighted by atomic mass is 9.85. The summed E-state index contributed by atoms with van der Waals surface area (Å²) in [5, 5.41) is 2.91. The number of hydrogen-bond acceptors (Lipinski definition) is 3. The third-order valence-electron chi connectivity index (χ3n) is 4.30. The molecule has 19 heavy (non-hydrogen) atoms. The molecule has 1 saturated heterocycles. The van der Waals surface area contributed by atoms with Gasteiger partial charge in [0.25, 0.3) is 0 Å². The van der Waals surface area contributed by atoms with Crippen LogP contribution in [-0.4, -0.2) is 33.5 Å². The van der Waals surface area contributed by atoms with Crippen LogP contribution in [0.4, 0.5) is 10.5 Å². The first-order valence-corrected chi connectivity index (χ1v) is 7.10. The van der Waals surface area contributed by atoms with Crippen molar-refractivity contribution < 1.29 is 4.79 Å². The first-order valence-electron chi connectivity index (χ1n) is 7.10. The number of aromatic nitrogens is 2. The van der Waals surface area contributed by atoms with Gasteiger partial charge in [0.1, 0.15) is 5.82 Å². The number of nitrogens with zero attached hydrogens (tertiary/aromatic N) is 3. The average Bonchev–Trinajstić information content (AvgIpc) is 2.85. The highest BCUT2D eigenvalue weighted by molar-refractivity contribution is 5.89. The van der Waals surface area contributed by atoms with Crippen LogP contribution in [0.3, 0.4) is 0 Å². The second kappa shape index (κ2) is 5.15. The van der Waals surface area contributed by atoms with Gasteiger partial charge in [0.15, 0.2) is 0 Å². The monoisotopic (exact) mass is 260 g/mol. The smallest absolute Gasteiger partial charge is 0.321 e. The second-order valence-corrected chi connectivity index (χ2v) is 5.54. The molecule has 0 unspecified atom stereocenters. The molecule has 102 valence electrons. The SMILES string of the molecule is Cc1ncc(NC(=O)N2CC[C@@H]3CCCC[C@@H]32)cn1. The van der Waals surface area contributed by atoms with Gasteiger partial charge in [-0.05, 0) is 32.1 Å². The minimum absolute atomic E-state index is 0.00172. The molecule has 2 fully saturated rings. The highest BCUT2D eigenvalue weighted by atomic mass is 16.2. The number of carbonyl (C=O) groups excluding carboxylic acids is 1. The highest BCUT2D eigenvalue weighted by Crippen LogP contribution is 2.36. The Morgan fingerprint density at radius 1 is 1.26 bits per heavy atom. The fourth-order valence-electron chi connectivity index (χ4n) is 3.31. The van der Waals surface area contributed by atoms with Gasteiger partial charge in [-0.25, -0.2) is 14.8 Å². The van der Waals surface area contributed by atoms with E-state index in [9.17, 15) is 4.79 Å². The van der Waals surface area contributed by atoms with E-state index in [1.54, 1.807) is 12.4 Å². The molecule has 0 spiro atoms. The average molecular weight is 260 g/mol. The predicted octanol–water partition coefficient (Wildman–Crippen LogP) is 2.58. The summed E-state index contributed by atoms with van der Waals surface area (Å²) >= 11 is 0. The van der Waals surface area contributed by atoms with Gasteiger partial charge in [0.05, 0.1) is 18.1 Å². The minimum atomic E-state index is 0.00172. The summed E-state index contributed by atoms with van der Waals surface area (Å²) in [6, 6.07) is 0.446. The normalized spacial score (nSPS) is 26.1. The van der Waals surface area contributed by atoms with Crippen LogP contribution in [0, 0.1) is 12.8 Å². The van der Waals surface area contributed by atoms with E-state index in [0.717, 1.165) is 19.4 Å². The van der Waals surface area contributed by atoms with Gasteiger partial charge >= 0.3 is 6.03 Å². The molecule has 1 aliphatic carbocycles. The van der Waals surface area contributed by atoms with Crippen LogP contribution in [0.2, 0.25) is 0 Å². The lowest BCUT2D eigenvalue weighted by Crippen LogP contribution is -2.41. The summed E-state index contributed by atoms with van der Waals surface area (Å²) in [5.41, 5.74) is 0.676. The zero-order chi connectivity index (χ0) is 13.2. The Kier molecular flexibility index (Phi) is 3.36. The lowest BCUT2D eigenvalue weighted by Gasteiger charge is -2.31. The zero-order valence-corrected chi connectivity index (χ0v) is 11.3. The van der Waals surface area contributed by atoms with Crippen molar-refractivity contribution in [2.45, 2.75) is 45.1 Å². The number of likely N-dealkylation sites (tertiary alicyclic amines) is 1. The van der Waals surface area contributed by atoms with Crippen LogP contribution in [0.5, 0.6) is 0 Å². The molecule has 2 amide bonds. The molecule has 0 aromatic carbocycles. The number of rotatable bonds is 1. The molecule has 5 nitrogen and oxygen atoms in total. The molecule has 1 aromatic rings. The summed E-state index contributed by atoms with van der Waals surface area (Å²) in [6.45, 7) is 2.71. The molecule has 3 rings (SSSR count). The molecule has 1 aliphatic heterocycles. The minimum Gasteiger partial charge on any atom is -0.321 e. The summed E-state index contributed by atoms with van der Waals surface area (Å²) in [5.74, 6) is 1.43. The molecule has 2 heterocycles. The topological polar surface area (TPSA) is 58.1 Å². The van der Waals surface area contributed by atoms with Gasteiger partial charge in [0, 0.05) is 12.6 Å². The predicted molar refractivity (Wildman–Crippen MR) is 72.9 cm³/mol. The van der Waals surface area contributed by atoms with E-state index in [1.165, 1.54) is 19.3 Å². The van der Waals surface area contributed by atoms with E-state index < -0.39 is 0 Å². The van der Waals surface area contributed by atoms with Crippen LogP contribution < -0.4 is 5.32 Å². The Hall–Kier alpha value is -1.65. The lowest BCUT2D eigenvalue weighted by molar-refractivity contribution is 0.181. The van der Waals surface area contributed by atoms with Crippen LogP contribution in [0.15, 0.2) is 12.4 Å². The molecule has 2 aliphatic rings. The fraction of sp³-hybridized carbons (Fsp3) is 0.643. The van der Waals surface area contributed by atoms with Crippen LogP contribution >= 0.6 is 0 Å². The van der Waals surface area contributed by atoms with Crippen LogP contribution in [-0.2, 0) is 0 Å². The molecule has 5 heteroatoms. The second-order valence-electron chi connectivity index (χ2n) is 5.54. The molecule has 1 N–H and O–H groups in total. The largest absolute Gasteiger partial charge is 0.322 e. The van der Waals surface area contributed by atoms with Crippen molar-refractivity contribution >= 4 is 11.7 Å².